The van der Waals surface area contributed by atoms with E-state index < -0.39 is 0 Å². The molecular formula is C14H22ClN. The summed E-state index contributed by atoms with van der Waals surface area (Å²) in [5.41, 5.74) is 2.65. The summed E-state index contributed by atoms with van der Waals surface area (Å²) in [6, 6.07) is 6.14. The van der Waals surface area contributed by atoms with Crippen molar-refractivity contribution in [3.8, 4) is 0 Å². The van der Waals surface area contributed by atoms with E-state index in [1.165, 1.54) is 17.5 Å². The van der Waals surface area contributed by atoms with Gasteiger partial charge in [-0.1, -0.05) is 31.5 Å². The summed E-state index contributed by atoms with van der Waals surface area (Å²) in [6.07, 6.45) is 1.25. The van der Waals surface area contributed by atoms with Crippen molar-refractivity contribution in [2.45, 2.75) is 33.7 Å². The molecule has 0 aliphatic heterocycles. The molecule has 0 unspecified atom stereocenters. The van der Waals surface area contributed by atoms with E-state index in [0.29, 0.717) is 0 Å². The molecule has 0 aliphatic carbocycles. The van der Waals surface area contributed by atoms with Crippen LogP contribution in [-0.2, 0) is 6.54 Å². The zero-order valence-corrected chi connectivity index (χ0v) is 11.5. The van der Waals surface area contributed by atoms with E-state index in [0.717, 1.165) is 24.0 Å². The van der Waals surface area contributed by atoms with E-state index in [2.05, 4.69) is 38.8 Å². The number of benzene rings is 1. The molecular weight excluding hydrogens is 218 g/mol. The van der Waals surface area contributed by atoms with E-state index in [9.17, 15) is 0 Å². The number of rotatable bonds is 5. The molecule has 0 heterocycles. The monoisotopic (exact) mass is 239 g/mol. The van der Waals surface area contributed by atoms with E-state index >= 15 is 0 Å². The van der Waals surface area contributed by atoms with E-state index in [4.69, 9.17) is 11.6 Å². The summed E-state index contributed by atoms with van der Waals surface area (Å²) in [6.45, 7) is 8.82. The Bertz CT molecular complexity index is 334. The highest BCUT2D eigenvalue weighted by molar-refractivity contribution is 6.30. The Morgan fingerprint density at radius 3 is 2.56 bits per heavy atom. The zero-order valence-electron chi connectivity index (χ0n) is 10.8. The minimum absolute atomic E-state index is 0.772. The Hall–Kier alpha value is -0.530. The van der Waals surface area contributed by atoms with Crippen LogP contribution in [-0.4, -0.2) is 18.5 Å². The molecule has 0 atom stereocenters. The summed E-state index contributed by atoms with van der Waals surface area (Å²) < 4.78 is 0. The standard InChI is InChI=1S/C14H22ClN/c1-11(2)7-8-16(4)10-13-5-6-14(15)9-12(13)3/h5-6,9,11H,7-8,10H2,1-4H3. The van der Waals surface area contributed by atoms with Gasteiger partial charge in [0.2, 0.25) is 0 Å². The largest absolute Gasteiger partial charge is 0.302 e. The van der Waals surface area contributed by atoms with Crippen molar-refractivity contribution in [2.24, 2.45) is 5.92 Å². The fourth-order valence-corrected chi connectivity index (χ4v) is 1.91. The number of halogens is 1. The molecule has 0 aromatic heterocycles. The summed E-state index contributed by atoms with van der Waals surface area (Å²) in [5.74, 6) is 0.772. The molecule has 1 aromatic rings. The van der Waals surface area contributed by atoms with Crippen molar-refractivity contribution in [2.75, 3.05) is 13.6 Å². The number of hydrogen-bond donors (Lipinski definition) is 0. The molecule has 1 aromatic carbocycles. The van der Waals surface area contributed by atoms with Crippen molar-refractivity contribution >= 4 is 11.6 Å². The predicted octanol–water partition coefficient (Wildman–Crippen LogP) is 4.13. The third-order valence-electron chi connectivity index (χ3n) is 2.83. The molecule has 0 bridgehead atoms. The lowest BCUT2D eigenvalue weighted by atomic mass is 10.1. The average Bonchev–Trinajstić information content (AvgIpc) is 2.19. The van der Waals surface area contributed by atoms with Gasteiger partial charge in [-0.25, -0.2) is 0 Å². The SMILES string of the molecule is Cc1cc(Cl)ccc1CN(C)CCC(C)C. The second kappa shape index (κ2) is 6.27. The van der Waals surface area contributed by atoms with E-state index in [1.807, 2.05) is 12.1 Å². The third kappa shape index (κ3) is 4.54. The Labute approximate surface area is 104 Å². The van der Waals surface area contributed by atoms with Crippen molar-refractivity contribution in [3.05, 3.63) is 34.3 Å². The molecule has 90 valence electrons. The van der Waals surface area contributed by atoms with Crippen LogP contribution in [0.4, 0.5) is 0 Å². The maximum absolute atomic E-state index is 5.94. The molecule has 0 radical (unpaired) electrons. The van der Waals surface area contributed by atoms with Crippen LogP contribution in [0.3, 0.4) is 0 Å². The molecule has 0 saturated heterocycles. The van der Waals surface area contributed by atoms with Crippen LogP contribution in [0.15, 0.2) is 18.2 Å². The second-order valence-corrected chi connectivity index (χ2v) is 5.43. The number of nitrogens with zero attached hydrogens (tertiary/aromatic N) is 1. The van der Waals surface area contributed by atoms with Crippen molar-refractivity contribution in [1.29, 1.82) is 0 Å². The molecule has 0 fully saturated rings. The quantitative estimate of drug-likeness (QED) is 0.747. The minimum Gasteiger partial charge on any atom is -0.302 e. The highest BCUT2D eigenvalue weighted by Gasteiger charge is 2.04. The molecule has 1 nitrogen and oxygen atoms in total. The first kappa shape index (κ1) is 13.5. The number of hydrogen-bond acceptors (Lipinski definition) is 1. The first-order chi connectivity index (χ1) is 7.49. The second-order valence-electron chi connectivity index (χ2n) is 4.99. The molecule has 0 amide bonds. The topological polar surface area (TPSA) is 3.24 Å². The van der Waals surface area contributed by atoms with Crippen LogP contribution in [0.2, 0.25) is 5.02 Å². The first-order valence-electron chi connectivity index (χ1n) is 5.92. The minimum atomic E-state index is 0.772. The van der Waals surface area contributed by atoms with Gasteiger partial charge in [0.1, 0.15) is 0 Å². The van der Waals surface area contributed by atoms with Gasteiger partial charge in [-0.3, -0.25) is 0 Å². The fourth-order valence-electron chi connectivity index (χ4n) is 1.69. The molecule has 0 spiro atoms. The molecule has 0 saturated carbocycles. The lowest BCUT2D eigenvalue weighted by Crippen LogP contribution is -2.20. The van der Waals surface area contributed by atoms with Crippen LogP contribution in [0.25, 0.3) is 0 Å². The Morgan fingerprint density at radius 1 is 1.31 bits per heavy atom. The van der Waals surface area contributed by atoms with Gasteiger partial charge in [0.05, 0.1) is 0 Å². The fraction of sp³-hybridized carbons (Fsp3) is 0.571. The number of aryl methyl sites for hydroxylation is 1. The maximum Gasteiger partial charge on any atom is 0.0408 e. The summed E-state index contributed by atoms with van der Waals surface area (Å²) >= 11 is 5.94. The molecule has 0 N–H and O–H groups in total. The lowest BCUT2D eigenvalue weighted by molar-refractivity contribution is 0.303. The van der Waals surface area contributed by atoms with Gasteiger partial charge in [-0.15, -0.1) is 0 Å². The van der Waals surface area contributed by atoms with Crippen molar-refractivity contribution in [1.82, 2.24) is 4.90 Å². The third-order valence-corrected chi connectivity index (χ3v) is 3.07. The Kier molecular flexibility index (Phi) is 5.30. The Morgan fingerprint density at radius 2 is 2.00 bits per heavy atom. The summed E-state index contributed by atoms with van der Waals surface area (Å²) in [4.78, 5) is 2.37. The first-order valence-corrected chi connectivity index (χ1v) is 6.30. The molecule has 16 heavy (non-hydrogen) atoms. The van der Waals surface area contributed by atoms with Crippen molar-refractivity contribution in [3.63, 3.8) is 0 Å². The molecule has 0 aliphatic rings. The summed E-state index contributed by atoms with van der Waals surface area (Å²) in [7, 11) is 2.18. The van der Waals surface area contributed by atoms with Gasteiger partial charge < -0.3 is 4.90 Å². The van der Waals surface area contributed by atoms with Crippen molar-refractivity contribution < 1.29 is 0 Å². The van der Waals surface area contributed by atoms with Crippen LogP contribution < -0.4 is 0 Å². The summed E-state index contributed by atoms with van der Waals surface area (Å²) in [5, 5.41) is 0.825. The van der Waals surface area contributed by atoms with Crippen LogP contribution in [0.1, 0.15) is 31.4 Å². The van der Waals surface area contributed by atoms with Gasteiger partial charge in [0.15, 0.2) is 0 Å². The van der Waals surface area contributed by atoms with Crippen LogP contribution in [0.5, 0.6) is 0 Å². The lowest BCUT2D eigenvalue weighted by Gasteiger charge is -2.19. The predicted molar refractivity (Wildman–Crippen MR) is 72.0 cm³/mol. The van der Waals surface area contributed by atoms with Gasteiger partial charge in [-0.05, 0) is 56.1 Å². The normalized spacial score (nSPS) is 11.4. The Balaban J connectivity index is 2.52. The maximum atomic E-state index is 5.94. The van der Waals surface area contributed by atoms with Gasteiger partial charge in [0, 0.05) is 11.6 Å². The van der Waals surface area contributed by atoms with E-state index in [-0.39, 0.29) is 0 Å². The zero-order chi connectivity index (χ0) is 12.1. The van der Waals surface area contributed by atoms with Gasteiger partial charge in [0.25, 0.3) is 0 Å². The van der Waals surface area contributed by atoms with Gasteiger partial charge in [-0.2, -0.15) is 0 Å². The average molecular weight is 240 g/mol. The van der Waals surface area contributed by atoms with Crippen LogP contribution >= 0.6 is 11.6 Å². The van der Waals surface area contributed by atoms with E-state index in [1.54, 1.807) is 0 Å². The highest BCUT2D eigenvalue weighted by atomic mass is 35.5. The molecule has 1 rings (SSSR count). The van der Waals surface area contributed by atoms with Crippen LogP contribution in [0, 0.1) is 12.8 Å². The highest BCUT2D eigenvalue weighted by Crippen LogP contribution is 2.16. The smallest absolute Gasteiger partial charge is 0.0408 e. The van der Waals surface area contributed by atoms with Gasteiger partial charge >= 0.3 is 0 Å². The molecule has 2 heteroatoms.